The second-order valence-electron chi connectivity index (χ2n) is 13.3. The number of hydrogen-bond acceptors (Lipinski definition) is 9. The van der Waals surface area contributed by atoms with E-state index >= 15 is 0 Å². The Labute approximate surface area is 249 Å². The van der Waals surface area contributed by atoms with Gasteiger partial charge in [0, 0.05) is 35.6 Å². The predicted octanol–water partition coefficient (Wildman–Crippen LogP) is 3.99. The Morgan fingerprint density at radius 2 is 1.88 bits per heavy atom. The Morgan fingerprint density at radius 3 is 2.48 bits per heavy atom. The molecular weight excluding hydrogens is 578 g/mol. The molecule has 14 heteroatoms. The van der Waals surface area contributed by atoms with Crippen molar-refractivity contribution in [3.8, 4) is 0 Å². The summed E-state index contributed by atoms with van der Waals surface area (Å²) in [5, 5.41) is 9.30. The number of sulfonamides is 1. The number of aromatic nitrogens is 3. The molecule has 12 nitrogen and oxygen atoms in total. The molecule has 1 aromatic heterocycles. The summed E-state index contributed by atoms with van der Waals surface area (Å²) in [4.78, 5) is 13.6. The zero-order chi connectivity index (χ0) is 31.4. The van der Waals surface area contributed by atoms with Crippen LogP contribution in [0.1, 0.15) is 95.9 Å². The van der Waals surface area contributed by atoms with Crippen molar-refractivity contribution in [2.24, 2.45) is 15.5 Å². The molecule has 0 radical (unpaired) electrons. The van der Waals surface area contributed by atoms with Crippen LogP contribution in [0.15, 0.2) is 22.2 Å². The number of fused-ring (bicyclic) bond motifs is 2. The van der Waals surface area contributed by atoms with Crippen LogP contribution in [0, 0.1) is 12.3 Å². The van der Waals surface area contributed by atoms with Crippen molar-refractivity contribution in [1.82, 2.24) is 19.6 Å². The first-order chi connectivity index (χ1) is 19.2. The summed E-state index contributed by atoms with van der Waals surface area (Å²) in [6.07, 6.45) is 2.31. The lowest BCUT2D eigenvalue weighted by molar-refractivity contribution is 0.375. The van der Waals surface area contributed by atoms with Crippen molar-refractivity contribution in [2.45, 2.75) is 85.6 Å². The topological polar surface area (TPSA) is 159 Å². The van der Waals surface area contributed by atoms with Gasteiger partial charge in [-0.05, 0) is 62.8 Å². The number of nitrogens with one attached hydrogen (secondary N) is 1. The molecule has 2 aromatic rings. The molecule has 1 aromatic carbocycles. The summed E-state index contributed by atoms with van der Waals surface area (Å²) in [5.41, 5.74) is 4.75. The zero-order valence-electron chi connectivity index (χ0n) is 25.9. The molecule has 0 saturated carbocycles. The number of aliphatic imine (C=N–C) groups is 1. The zero-order valence-corrected chi connectivity index (χ0v) is 27.6. The van der Waals surface area contributed by atoms with Gasteiger partial charge < -0.3 is 4.90 Å². The second-order valence-corrected chi connectivity index (χ2v) is 16.7. The Morgan fingerprint density at radius 1 is 1.21 bits per heavy atom. The minimum absolute atomic E-state index is 0.170. The van der Waals surface area contributed by atoms with E-state index in [9.17, 15) is 21.4 Å². The van der Waals surface area contributed by atoms with E-state index in [2.05, 4.69) is 68.4 Å². The van der Waals surface area contributed by atoms with E-state index in [0.717, 1.165) is 40.9 Å². The average Bonchev–Trinajstić information content (AvgIpc) is 3.38. The first-order valence-electron chi connectivity index (χ1n) is 14.1. The van der Waals surface area contributed by atoms with Gasteiger partial charge >= 0.3 is 0 Å². The fraction of sp³-hybridized carbons (Fsp3) is 0.643. The lowest BCUT2D eigenvalue weighted by Crippen LogP contribution is -2.49. The largest absolute Gasteiger partial charge is 0.366 e. The monoisotopic (exact) mass is 621 g/mol. The van der Waals surface area contributed by atoms with Gasteiger partial charge in [0.15, 0.2) is 5.82 Å². The molecule has 0 amide bonds. The van der Waals surface area contributed by atoms with Crippen LogP contribution in [-0.4, -0.2) is 78.3 Å². The molecule has 2 N–H and O–H groups in total. The predicted molar refractivity (Wildman–Crippen MR) is 166 cm³/mol. The summed E-state index contributed by atoms with van der Waals surface area (Å²) >= 11 is 0. The lowest BCUT2D eigenvalue weighted by atomic mass is 9.79. The molecule has 232 valence electrons. The fourth-order valence-electron chi connectivity index (χ4n) is 5.66. The van der Waals surface area contributed by atoms with Crippen LogP contribution in [0.4, 0.5) is 11.4 Å². The van der Waals surface area contributed by atoms with Gasteiger partial charge in [-0.25, -0.2) is 23.1 Å². The summed E-state index contributed by atoms with van der Waals surface area (Å²) in [5.74, 6) is 0.679. The van der Waals surface area contributed by atoms with E-state index in [1.54, 1.807) is 0 Å². The SMILES string of the molecule is Cc1cc2c(cc1/N=C1/C(C(C)(C)C)=Nn3nc(C(C)CNS(C)(=O)=O)nc31)C(C)CC(C)(C)N2CCCS(=O)(=O)O. The third kappa shape index (κ3) is 7.09. The van der Waals surface area contributed by atoms with Crippen molar-refractivity contribution in [2.75, 3.05) is 30.0 Å². The third-order valence-electron chi connectivity index (χ3n) is 7.76. The lowest BCUT2D eigenvalue weighted by Gasteiger charge is -2.48. The van der Waals surface area contributed by atoms with Gasteiger partial charge in [0.25, 0.3) is 10.1 Å². The Balaban J connectivity index is 1.75. The van der Waals surface area contributed by atoms with E-state index < -0.39 is 20.1 Å². The van der Waals surface area contributed by atoms with Crippen LogP contribution in [0.25, 0.3) is 0 Å². The van der Waals surface area contributed by atoms with Crippen LogP contribution < -0.4 is 9.62 Å². The van der Waals surface area contributed by atoms with Crippen LogP contribution in [0.2, 0.25) is 0 Å². The Kier molecular flexibility index (Phi) is 8.53. The molecule has 0 bridgehead atoms. The van der Waals surface area contributed by atoms with Gasteiger partial charge in [0.1, 0.15) is 5.71 Å². The number of anilines is 1. The van der Waals surface area contributed by atoms with Gasteiger partial charge in [-0.2, -0.15) is 13.5 Å². The van der Waals surface area contributed by atoms with Crippen molar-refractivity contribution in [3.05, 3.63) is 34.9 Å². The van der Waals surface area contributed by atoms with Gasteiger partial charge in [-0.15, -0.1) is 9.89 Å². The van der Waals surface area contributed by atoms with Crippen LogP contribution in [0.5, 0.6) is 0 Å². The van der Waals surface area contributed by atoms with E-state index in [4.69, 9.17) is 15.1 Å². The van der Waals surface area contributed by atoms with E-state index in [-0.39, 0.29) is 35.1 Å². The number of aryl methyl sites for hydroxylation is 1. The standard InChI is InChI=1S/C28H43N7O5S2/c1-17-13-22-20(18(2)15-28(7,8)34(22)11-10-12-42(38,39)40)14-21(17)30-23-24(27(4,5)6)32-35-26(23)31-25(33-35)19(3)16-29-41(9,36)37/h13-14,18-19,29H,10-12,15-16H2,1-9H3,(H,38,39,40)/b30-23-. The maximum absolute atomic E-state index is 11.6. The third-order valence-corrected chi connectivity index (χ3v) is 9.26. The van der Waals surface area contributed by atoms with Crippen LogP contribution >= 0.6 is 0 Å². The first-order valence-corrected chi connectivity index (χ1v) is 17.6. The quantitative estimate of drug-likeness (QED) is 0.398. The van der Waals surface area contributed by atoms with Gasteiger partial charge in [-0.1, -0.05) is 34.6 Å². The molecule has 2 aliphatic rings. The summed E-state index contributed by atoms with van der Waals surface area (Å²) in [6, 6.07) is 4.21. The Hall–Kier alpha value is -2.68. The highest BCUT2D eigenvalue weighted by Crippen LogP contribution is 2.46. The molecule has 0 fully saturated rings. The number of hydrogen-bond donors (Lipinski definition) is 2. The smallest absolute Gasteiger partial charge is 0.264 e. The van der Waals surface area contributed by atoms with Crippen LogP contribution in [-0.2, 0) is 20.1 Å². The molecule has 2 aliphatic heterocycles. The summed E-state index contributed by atoms with van der Waals surface area (Å²) < 4.78 is 57.7. The van der Waals surface area contributed by atoms with Gasteiger partial charge in [0.05, 0.1) is 23.4 Å². The van der Waals surface area contributed by atoms with E-state index in [0.29, 0.717) is 30.3 Å². The highest BCUT2D eigenvalue weighted by molar-refractivity contribution is 7.88. The molecule has 3 heterocycles. The highest BCUT2D eigenvalue weighted by Gasteiger charge is 2.38. The average molecular weight is 622 g/mol. The van der Waals surface area contributed by atoms with Crippen molar-refractivity contribution < 1.29 is 21.4 Å². The van der Waals surface area contributed by atoms with E-state index in [1.807, 2.05) is 13.8 Å². The number of nitrogens with zero attached hydrogens (tertiary/aromatic N) is 6. The summed E-state index contributed by atoms with van der Waals surface area (Å²) in [6.45, 7) is 17.2. The number of rotatable bonds is 9. The van der Waals surface area contributed by atoms with Gasteiger partial charge in [0.2, 0.25) is 15.8 Å². The molecule has 0 spiro atoms. The molecule has 2 unspecified atom stereocenters. The minimum Gasteiger partial charge on any atom is -0.366 e. The Bertz CT molecular complexity index is 1650. The molecular formula is C28H43N7O5S2. The first kappa shape index (κ1) is 32.2. The minimum atomic E-state index is -4.03. The molecule has 42 heavy (non-hydrogen) atoms. The highest BCUT2D eigenvalue weighted by atomic mass is 32.2. The second kappa shape index (κ2) is 11.1. The molecule has 0 aliphatic carbocycles. The maximum atomic E-state index is 11.6. The normalized spacial score (nSPS) is 20.4. The van der Waals surface area contributed by atoms with Crippen molar-refractivity contribution in [1.29, 1.82) is 0 Å². The van der Waals surface area contributed by atoms with Crippen molar-refractivity contribution >= 4 is 42.9 Å². The van der Waals surface area contributed by atoms with E-state index in [1.165, 1.54) is 4.79 Å². The summed E-state index contributed by atoms with van der Waals surface area (Å²) in [7, 11) is -7.38. The fourth-order valence-corrected chi connectivity index (χ4v) is 6.71. The van der Waals surface area contributed by atoms with Crippen molar-refractivity contribution in [3.63, 3.8) is 0 Å². The van der Waals surface area contributed by atoms with Gasteiger partial charge in [-0.3, -0.25) is 4.55 Å². The molecule has 4 rings (SSSR count). The molecule has 2 atom stereocenters. The molecule has 0 saturated heterocycles. The van der Waals surface area contributed by atoms with Crippen LogP contribution in [0.3, 0.4) is 0 Å². The maximum Gasteiger partial charge on any atom is 0.264 e. The number of benzene rings is 1.